The lowest BCUT2D eigenvalue weighted by Crippen LogP contribution is -2.46. The Labute approximate surface area is 218 Å². The first kappa shape index (κ1) is 26.3. The first-order valence-electron chi connectivity index (χ1n) is 12.7. The molecular formula is C30H36N2O5. The average Bonchev–Trinajstić information content (AvgIpc) is 3.35. The van der Waals surface area contributed by atoms with E-state index in [9.17, 15) is 9.59 Å². The minimum atomic E-state index is -0.579. The highest BCUT2D eigenvalue weighted by molar-refractivity contribution is 5.95. The predicted octanol–water partition coefficient (Wildman–Crippen LogP) is 5.90. The summed E-state index contributed by atoms with van der Waals surface area (Å²) in [4.78, 5) is 30.4. The molecule has 1 atom stereocenters. The molecule has 3 aromatic carbocycles. The third-order valence-corrected chi connectivity index (χ3v) is 6.54. The van der Waals surface area contributed by atoms with Crippen molar-refractivity contribution in [1.29, 1.82) is 0 Å². The van der Waals surface area contributed by atoms with E-state index in [1.54, 1.807) is 37.3 Å². The van der Waals surface area contributed by atoms with Crippen LogP contribution in [-0.4, -0.2) is 60.8 Å². The van der Waals surface area contributed by atoms with Gasteiger partial charge in [0.1, 0.15) is 5.60 Å². The van der Waals surface area contributed by atoms with Crippen LogP contribution in [0.15, 0.2) is 60.7 Å². The molecule has 1 fully saturated rings. The maximum atomic E-state index is 13.9. The first-order valence-corrected chi connectivity index (χ1v) is 12.7. The van der Waals surface area contributed by atoms with Crippen LogP contribution < -0.4 is 9.47 Å². The van der Waals surface area contributed by atoms with Gasteiger partial charge in [-0.3, -0.25) is 4.79 Å². The highest BCUT2D eigenvalue weighted by Crippen LogP contribution is 2.29. The van der Waals surface area contributed by atoms with Gasteiger partial charge in [0.05, 0.1) is 20.3 Å². The van der Waals surface area contributed by atoms with Crippen LogP contribution in [0.2, 0.25) is 0 Å². The van der Waals surface area contributed by atoms with Gasteiger partial charge in [-0.25, -0.2) is 4.79 Å². The molecule has 2 amide bonds. The summed E-state index contributed by atoms with van der Waals surface area (Å²) in [6, 6.07) is 19.5. The molecule has 0 aliphatic carbocycles. The summed E-state index contributed by atoms with van der Waals surface area (Å²) >= 11 is 0. The van der Waals surface area contributed by atoms with Crippen LogP contribution in [0.25, 0.3) is 10.8 Å². The molecule has 4 rings (SSSR count). The fraction of sp³-hybridized carbons (Fsp3) is 0.400. The van der Waals surface area contributed by atoms with Gasteiger partial charge >= 0.3 is 6.09 Å². The van der Waals surface area contributed by atoms with E-state index in [0.717, 1.165) is 29.2 Å². The van der Waals surface area contributed by atoms with Crippen molar-refractivity contribution in [2.75, 3.05) is 27.3 Å². The van der Waals surface area contributed by atoms with E-state index >= 15 is 0 Å². The number of carbonyl (C=O) groups excluding carboxylic acids is 2. The van der Waals surface area contributed by atoms with Gasteiger partial charge in [0.15, 0.2) is 11.5 Å². The quantitative estimate of drug-likeness (QED) is 0.401. The fourth-order valence-corrected chi connectivity index (χ4v) is 4.77. The highest BCUT2D eigenvalue weighted by Gasteiger charge is 2.34. The Kier molecular flexibility index (Phi) is 7.91. The SMILES string of the molecule is COc1ccc(C(=O)N(Cc2ccc3ccccc3c2)CC2CCCN2C(=O)OC(C)(C)C)cc1OC. The van der Waals surface area contributed by atoms with Crippen molar-refractivity contribution in [2.24, 2.45) is 0 Å². The Balaban J connectivity index is 1.63. The highest BCUT2D eigenvalue weighted by atomic mass is 16.6. The summed E-state index contributed by atoms with van der Waals surface area (Å²) in [5.74, 6) is 0.924. The lowest BCUT2D eigenvalue weighted by atomic mass is 10.1. The first-order chi connectivity index (χ1) is 17.7. The van der Waals surface area contributed by atoms with Crippen LogP contribution in [0.3, 0.4) is 0 Å². The molecule has 0 spiro atoms. The van der Waals surface area contributed by atoms with Crippen LogP contribution in [-0.2, 0) is 11.3 Å². The Morgan fingerprint density at radius 3 is 2.38 bits per heavy atom. The van der Waals surface area contributed by atoms with E-state index in [4.69, 9.17) is 14.2 Å². The zero-order chi connectivity index (χ0) is 26.6. The van der Waals surface area contributed by atoms with Gasteiger partial charge in [0.25, 0.3) is 5.91 Å². The van der Waals surface area contributed by atoms with E-state index < -0.39 is 5.60 Å². The number of benzene rings is 3. The Hall–Kier alpha value is -3.74. The second-order valence-electron chi connectivity index (χ2n) is 10.4. The van der Waals surface area contributed by atoms with Crippen molar-refractivity contribution in [3.05, 3.63) is 71.8 Å². The minimum absolute atomic E-state index is 0.126. The van der Waals surface area contributed by atoms with Gasteiger partial charge in [0, 0.05) is 25.2 Å². The van der Waals surface area contributed by atoms with Crippen molar-refractivity contribution in [2.45, 2.75) is 51.8 Å². The van der Waals surface area contributed by atoms with Crippen molar-refractivity contribution in [3.63, 3.8) is 0 Å². The molecule has 37 heavy (non-hydrogen) atoms. The summed E-state index contributed by atoms with van der Waals surface area (Å²) in [5, 5.41) is 2.27. The fourth-order valence-electron chi connectivity index (χ4n) is 4.77. The second-order valence-corrected chi connectivity index (χ2v) is 10.4. The zero-order valence-electron chi connectivity index (χ0n) is 22.3. The Morgan fingerprint density at radius 2 is 1.68 bits per heavy atom. The van der Waals surface area contributed by atoms with Crippen LogP contribution in [0.5, 0.6) is 11.5 Å². The van der Waals surface area contributed by atoms with E-state index in [0.29, 0.717) is 36.7 Å². The number of ether oxygens (including phenoxy) is 3. The second kappa shape index (κ2) is 11.1. The number of hydrogen-bond donors (Lipinski definition) is 0. The molecule has 1 heterocycles. The normalized spacial score (nSPS) is 15.5. The van der Waals surface area contributed by atoms with Gasteiger partial charge in [-0.1, -0.05) is 36.4 Å². The van der Waals surface area contributed by atoms with Crippen molar-refractivity contribution >= 4 is 22.8 Å². The largest absolute Gasteiger partial charge is 0.493 e. The molecule has 3 aromatic rings. The van der Waals surface area contributed by atoms with Crippen LogP contribution in [0, 0.1) is 0 Å². The lowest BCUT2D eigenvalue weighted by molar-refractivity contribution is 0.0189. The number of fused-ring (bicyclic) bond motifs is 1. The number of hydrogen-bond acceptors (Lipinski definition) is 5. The summed E-state index contributed by atoms with van der Waals surface area (Å²) in [7, 11) is 3.12. The van der Waals surface area contributed by atoms with E-state index in [-0.39, 0.29) is 18.0 Å². The molecule has 1 aliphatic rings. The molecule has 196 valence electrons. The van der Waals surface area contributed by atoms with Crippen molar-refractivity contribution in [3.8, 4) is 11.5 Å². The number of carbonyl (C=O) groups is 2. The van der Waals surface area contributed by atoms with Crippen molar-refractivity contribution < 1.29 is 23.8 Å². The van der Waals surface area contributed by atoms with Gasteiger partial charge < -0.3 is 24.0 Å². The molecule has 1 aliphatic heterocycles. The molecular weight excluding hydrogens is 468 g/mol. The monoisotopic (exact) mass is 504 g/mol. The van der Waals surface area contributed by atoms with Crippen LogP contribution >= 0.6 is 0 Å². The Morgan fingerprint density at radius 1 is 0.946 bits per heavy atom. The number of amides is 2. The van der Waals surface area contributed by atoms with Gasteiger partial charge in [0.2, 0.25) is 0 Å². The molecule has 7 nitrogen and oxygen atoms in total. The molecule has 7 heteroatoms. The van der Waals surface area contributed by atoms with Crippen LogP contribution in [0.1, 0.15) is 49.5 Å². The minimum Gasteiger partial charge on any atom is -0.493 e. The van der Waals surface area contributed by atoms with Gasteiger partial charge in [-0.05, 0) is 74.2 Å². The number of likely N-dealkylation sites (tertiary alicyclic amines) is 1. The molecule has 1 unspecified atom stereocenters. The standard InChI is InChI=1S/C30H36N2O5/c1-30(2,3)37-29(34)32-16-8-11-25(32)20-31(19-21-12-13-22-9-6-7-10-23(22)17-21)28(33)24-14-15-26(35-4)27(18-24)36-5/h6-7,9-10,12-15,17-18,25H,8,11,16,19-20H2,1-5H3. The predicted molar refractivity (Wildman–Crippen MR) is 144 cm³/mol. The molecule has 0 radical (unpaired) electrons. The van der Waals surface area contributed by atoms with E-state index in [1.165, 1.54) is 0 Å². The average molecular weight is 505 g/mol. The maximum Gasteiger partial charge on any atom is 0.410 e. The summed E-state index contributed by atoms with van der Waals surface area (Å²) in [6.07, 6.45) is 1.35. The molecule has 1 saturated heterocycles. The number of nitrogens with zero attached hydrogens (tertiary/aromatic N) is 2. The van der Waals surface area contributed by atoms with E-state index in [1.807, 2.05) is 37.8 Å². The van der Waals surface area contributed by atoms with Gasteiger partial charge in [-0.2, -0.15) is 0 Å². The molecule has 0 saturated carbocycles. The van der Waals surface area contributed by atoms with Crippen molar-refractivity contribution in [1.82, 2.24) is 9.80 Å². The zero-order valence-corrected chi connectivity index (χ0v) is 22.3. The number of methoxy groups -OCH3 is 2. The molecule has 0 N–H and O–H groups in total. The maximum absolute atomic E-state index is 13.9. The Bertz CT molecular complexity index is 1270. The topological polar surface area (TPSA) is 68.3 Å². The summed E-state index contributed by atoms with van der Waals surface area (Å²) in [5.41, 5.74) is 0.944. The summed E-state index contributed by atoms with van der Waals surface area (Å²) < 4.78 is 16.4. The van der Waals surface area contributed by atoms with Crippen LogP contribution in [0.4, 0.5) is 4.79 Å². The molecule has 0 bridgehead atoms. The number of rotatable bonds is 7. The third-order valence-electron chi connectivity index (χ3n) is 6.54. The lowest BCUT2D eigenvalue weighted by Gasteiger charge is -2.32. The third kappa shape index (κ3) is 6.34. The smallest absolute Gasteiger partial charge is 0.410 e. The van der Waals surface area contributed by atoms with E-state index in [2.05, 4.69) is 30.3 Å². The summed E-state index contributed by atoms with van der Waals surface area (Å²) in [6.45, 7) is 7.03. The molecule has 0 aromatic heterocycles. The van der Waals surface area contributed by atoms with Gasteiger partial charge in [-0.15, -0.1) is 0 Å².